The molecule has 2 N–H and O–H groups in total. The average Bonchev–Trinajstić information content (AvgIpc) is 2.53. The Hall–Kier alpha value is -1.06. The maximum Gasteiger partial charge on any atom is 0.127 e. The Morgan fingerprint density at radius 2 is 2.15 bits per heavy atom. The molecule has 2 aliphatic rings. The van der Waals surface area contributed by atoms with Crippen molar-refractivity contribution in [2.45, 2.75) is 57.1 Å². The van der Waals surface area contributed by atoms with E-state index in [2.05, 4.69) is 18.2 Å². The van der Waals surface area contributed by atoms with Crippen LogP contribution in [0.3, 0.4) is 0 Å². The molecule has 0 spiro atoms. The molecule has 2 atom stereocenters. The first-order valence-corrected chi connectivity index (χ1v) is 7.96. The number of benzene rings is 1. The van der Waals surface area contributed by atoms with Crippen LogP contribution in [0, 0.1) is 0 Å². The summed E-state index contributed by atoms with van der Waals surface area (Å²) < 4.78 is 11.6. The smallest absolute Gasteiger partial charge is 0.127 e. The summed E-state index contributed by atoms with van der Waals surface area (Å²) in [6.07, 6.45) is 8.37. The van der Waals surface area contributed by atoms with Crippen molar-refractivity contribution in [3.8, 4) is 5.75 Å². The van der Waals surface area contributed by atoms with E-state index in [1.165, 1.54) is 30.4 Å². The monoisotopic (exact) mass is 275 g/mol. The molecule has 3 nitrogen and oxygen atoms in total. The summed E-state index contributed by atoms with van der Waals surface area (Å²) in [5, 5.41) is 0. The Kier molecular flexibility index (Phi) is 4.58. The van der Waals surface area contributed by atoms with Crippen LogP contribution >= 0.6 is 0 Å². The second kappa shape index (κ2) is 6.59. The summed E-state index contributed by atoms with van der Waals surface area (Å²) in [5.41, 5.74) is 8.90. The maximum atomic E-state index is 6.40. The lowest BCUT2D eigenvalue weighted by Crippen LogP contribution is -2.22. The summed E-state index contributed by atoms with van der Waals surface area (Å²) in [6.45, 7) is 1.74. The molecule has 0 radical (unpaired) electrons. The van der Waals surface area contributed by atoms with Crippen LogP contribution in [-0.2, 0) is 11.2 Å². The van der Waals surface area contributed by atoms with E-state index in [1.807, 2.05) is 0 Å². The van der Waals surface area contributed by atoms with Gasteiger partial charge in [-0.1, -0.05) is 18.2 Å². The van der Waals surface area contributed by atoms with Gasteiger partial charge >= 0.3 is 0 Å². The molecule has 2 unspecified atom stereocenters. The molecule has 1 aromatic rings. The molecular weight excluding hydrogens is 250 g/mol. The fourth-order valence-electron chi connectivity index (χ4n) is 3.26. The minimum Gasteiger partial charge on any atom is -0.493 e. The van der Waals surface area contributed by atoms with Gasteiger partial charge in [-0.15, -0.1) is 0 Å². The van der Waals surface area contributed by atoms with Crippen LogP contribution in [0.15, 0.2) is 18.2 Å². The summed E-state index contributed by atoms with van der Waals surface area (Å²) >= 11 is 0. The fourth-order valence-corrected chi connectivity index (χ4v) is 3.26. The molecule has 20 heavy (non-hydrogen) atoms. The minimum absolute atomic E-state index is 0.0635. The first-order chi connectivity index (χ1) is 9.84. The third kappa shape index (κ3) is 3.15. The van der Waals surface area contributed by atoms with Gasteiger partial charge in [-0.2, -0.15) is 0 Å². The van der Waals surface area contributed by atoms with Gasteiger partial charge in [0, 0.05) is 18.2 Å². The molecule has 0 amide bonds. The lowest BCUT2D eigenvalue weighted by Gasteiger charge is -2.26. The van der Waals surface area contributed by atoms with Crippen molar-refractivity contribution in [3.63, 3.8) is 0 Å². The van der Waals surface area contributed by atoms with Crippen molar-refractivity contribution < 1.29 is 9.47 Å². The van der Waals surface area contributed by atoms with Crippen LogP contribution < -0.4 is 10.5 Å². The summed E-state index contributed by atoms with van der Waals surface area (Å²) in [7, 11) is 0. The number of rotatable bonds is 4. The topological polar surface area (TPSA) is 44.5 Å². The number of hydrogen-bond donors (Lipinski definition) is 1. The third-order valence-electron chi connectivity index (χ3n) is 4.44. The summed E-state index contributed by atoms with van der Waals surface area (Å²) in [4.78, 5) is 0. The Bertz CT molecular complexity index is 441. The second-order valence-electron chi connectivity index (χ2n) is 5.96. The van der Waals surface area contributed by atoms with E-state index in [0.29, 0.717) is 6.10 Å². The molecule has 3 heteroatoms. The van der Waals surface area contributed by atoms with Gasteiger partial charge in [0.05, 0.1) is 12.7 Å². The maximum absolute atomic E-state index is 6.40. The van der Waals surface area contributed by atoms with Gasteiger partial charge in [0.2, 0.25) is 0 Å². The van der Waals surface area contributed by atoms with Crippen molar-refractivity contribution in [3.05, 3.63) is 29.3 Å². The number of nitrogens with two attached hydrogens (primary N) is 1. The molecule has 1 aromatic carbocycles. The molecule has 2 aliphatic heterocycles. The molecule has 1 saturated heterocycles. The normalized spacial score (nSPS) is 23.8. The molecule has 0 aliphatic carbocycles. The molecular formula is C17H25NO2. The lowest BCUT2D eigenvalue weighted by molar-refractivity contribution is 0.00908. The second-order valence-corrected chi connectivity index (χ2v) is 5.96. The molecule has 0 aromatic heterocycles. The van der Waals surface area contributed by atoms with E-state index in [0.717, 1.165) is 44.6 Å². The number of ether oxygens (including phenoxy) is 2. The third-order valence-corrected chi connectivity index (χ3v) is 4.44. The molecule has 3 rings (SSSR count). The van der Waals surface area contributed by atoms with Gasteiger partial charge in [0.1, 0.15) is 5.75 Å². The SMILES string of the molecule is NC(CCC1CCCCO1)c1cccc2c1OCCC2. The number of para-hydroxylation sites is 1. The van der Waals surface area contributed by atoms with E-state index >= 15 is 0 Å². The zero-order chi connectivity index (χ0) is 13.8. The van der Waals surface area contributed by atoms with Crippen LogP contribution in [0.5, 0.6) is 5.75 Å². The van der Waals surface area contributed by atoms with Gasteiger partial charge in [-0.25, -0.2) is 0 Å². The van der Waals surface area contributed by atoms with Crippen LogP contribution in [0.2, 0.25) is 0 Å². The predicted molar refractivity (Wildman–Crippen MR) is 80.0 cm³/mol. The Balaban J connectivity index is 1.63. The molecule has 1 fully saturated rings. The first kappa shape index (κ1) is 13.9. The predicted octanol–water partition coefficient (Wildman–Crippen LogP) is 3.36. The zero-order valence-corrected chi connectivity index (χ0v) is 12.1. The van der Waals surface area contributed by atoms with E-state index in [1.54, 1.807) is 0 Å². The summed E-state index contributed by atoms with van der Waals surface area (Å²) in [6, 6.07) is 6.46. The van der Waals surface area contributed by atoms with Gasteiger partial charge in [-0.05, 0) is 50.5 Å². The first-order valence-electron chi connectivity index (χ1n) is 7.96. The Labute approximate surface area is 121 Å². The van der Waals surface area contributed by atoms with Gasteiger partial charge in [-0.3, -0.25) is 0 Å². The average molecular weight is 275 g/mol. The van der Waals surface area contributed by atoms with Crippen LogP contribution in [-0.4, -0.2) is 19.3 Å². The van der Waals surface area contributed by atoms with E-state index in [4.69, 9.17) is 15.2 Å². The highest BCUT2D eigenvalue weighted by Gasteiger charge is 2.20. The van der Waals surface area contributed by atoms with Crippen molar-refractivity contribution in [1.29, 1.82) is 0 Å². The molecule has 110 valence electrons. The highest BCUT2D eigenvalue weighted by Crippen LogP contribution is 2.34. The van der Waals surface area contributed by atoms with Crippen LogP contribution in [0.1, 0.15) is 55.7 Å². The van der Waals surface area contributed by atoms with Crippen molar-refractivity contribution in [2.75, 3.05) is 13.2 Å². The lowest BCUT2D eigenvalue weighted by atomic mass is 9.94. The van der Waals surface area contributed by atoms with Crippen molar-refractivity contribution >= 4 is 0 Å². The van der Waals surface area contributed by atoms with E-state index in [9.17, 15) is 0 Å². The van der Waals surface area contributed by atoms with Gasteiger partial charge in [0.15, 0.2) is 0 Å². The Morgan fingerprint density at radius 1 is 1.20 bits per heavy atom. The quantitative estimate of drug-likeness (QED) is 0.916. The van der Waals surface area contributed by atoms with Crippen molar-refractivity contribution in [1.82, 2.24) is 0 Å². The van der Waals surface area contributed by atoms with E-state index < -0.39 is 0 Å². The number of hydrogen-bond acceptors (Lipinski definition) is 3. The highest BCUT2D eigenvalue weighted by molar-refractivity contribution is 5.44. The standard InChI is InChI=1S/C17H25NO2/c18-16(10-9-14-7-1-2-11-19-14)15-8-3-5-13-6-4-12-20-17(13)15/h3,5,8,14,16H,1-2,4,6-7,9-12,18H2. The fraction of sp³-hybridized carbons (Fsp3) is 0.647. The number of fused-ring (bicyclic) bond motifs is 1. The largest absolute Gasteiger partial charge is 0.493 e. The van der Waals surface area contributed by atoms with E-state index in [-0.39, 0.29) is 6.04 Å². The zero-order valence-electron chi connectivity index (χ0n) is 12.1. The molecule has 0 bridgehead atoms. The highest BCUT2D eigenvalue weighted by atomic mass is 16.5. The molecule has 2 heterocycles. The Morgan fingerprint density at radius 3 is 3.00 bits per heavy atom. The number of aryl methyl sites for hydroxylation is 1. The van der Waals surface area contributed by atoms with Gasteiger partial charge in [0.25, 0.3) is 0 Å². The summed E-state index contributed by atoms with van der Waals surface area (Å²) in [5.74, 6) is 1.05. The van der Waals surface area contributed by atoms with Gasteiger partial charge < -0.3 is 15.2 Å². The van der Waals surface area contributed by atoms with Crippen LogP contribution in [0.25, 0.3) is 0 Å². The van der Waals surface area contributed by atoms with Crippen LogP contribution in [0.4, 0.5) is 0 Å². The van der Waals surface area contributed by atoms with Crippen molar-refractivity contribution in [2.24, 2.45) is 5.73 Å². The minimum atomic E-state index is 0.0635. The molecule has 0 saturated carbocycles.